The Bertz CT molecular complexity index is 338. The highest BCUT2D eigenvalue weighted by Crippen LogP contribution is 2.22. The number of carbonyl (C=O) groups excluding carboxylic acids is 1. The number of hydrogen-bond acceptors (Lipinski definition) is 8. The Kier molecular flexibility index (Phi) is 12.0. The summed E-state index contributed by atoms with van der Waals surface area (Å²) in [6, 6.07) is -1.85. The molecule has 1 heterocycles. The van der Waals surface area contributed by atoms with Crippen LogP contribution in [0, 0.1) is 0 Å². The molecule has 0 bridgehead atoms. The van der Waals surface area contributed by atoms with E-state index in [9.17, 15) is 14.4 Å². The van der Waals surface area contributed by atoms with Gasteiger partial charge in [0.2, 0.25) is 0 Å². The van der Waals surface area contributed by atoms with Crippen LogP contribution in [-0.4, -0.2) is 58.3 Å². The molecule has 128 valence electrons. The second-order valence-corrected chi connectivity index (χ2v) is 7.04. The van der Waals surface area contributed by atoms with Gasteiger partial charge < -0.3 is 26.4 Å². The molecule has 6 N–H and O–H groups in total. The average Bonchev–Trinajstić information content (AvgIpc) is 2.71. The lowest BCUT2D eigenvalue weighted by molar-refractivity contribution is -0.142. The monoisotopic (exact) mass is 354 g/mol. The molecule has 1 aliphatic heterocycles. The van der Waals surface area contributed by atoms with Crippen LogP contribution in [0.1, 0.15) is 25.7 Å². The molecule has 0 spiro atoms. The van der Waals surface area contributed by atoms with E-state index in [1.807, 2.05) is 0 Å². The van der Waals surface area contributed by atoms with Crippen LogP contribution >= 0.6 is 21.6 Å². The molecule has 10 heteroatoms. The van der Waals surface area contributed by atoms with E-state index in [4.69, 9.17) is 26.4 Å². The van der Waals surface area contributed by atoms with E-state index in [2.05, 4.69) is 0 Å². The van der Waals surface area contributed by atoms with Crippen LogP contribution < -0.4 is 11.5 Å². The smallest absolute Gasteiger partial charge is 0.321 e. The third kappa shape index (κ3) is 11.7. The van der Waals surface area contributed by atoms with Gasteiger partial charge in [0.05, 0.1) is 6.61 Å². The van der Waals surface area contributed by atoms with E-state index in [0.29, 0.717) is 13.0 Å². The summed E-state index contributed by atoms with van der Waals surface area (Å²) in [5.41, 5.74) is 10.4. The van der Waals surface area contributed by atoms with Crippen molar-refractivity contribution in [1.29, 1.82) is 0 Å². The Morgan fingerprint density at radius 3 is 2.00 bits per heavy atom. The minimum Gasteiger partial charge on any atom is -0.480 e. The van der Waals surface area contributed by atoms with Crippen molar-refractivity contribution in [2.75, 3.05) is 18.1 Å². The van der Waals surface area contributed by atoms with Crippen molar-refractivity contribution >= 4 is 39.5 Å². The predicted molar refractivity (Wildman–Crippen MR) is 85.6 cm³/mol. The number of carboxylic acids is 2. The van der Waals surface area contributed by atoms with Crippen molar-refractivity contribution in [1.82, 2.24) is 0 Å². The fourth-order valence-corrected chi connectivity index (χ4v) is 3.42. The molecule has 0 aromatic heterocycles. The standard InChI is InChI=1S/C6H12N2O4S2.C6H10O2/c7-3(5(9)10)1-13-14-2-4(8)6(11)12;7-6-4-2-1-3-5-8-6/h3-4H,1-2,7-8H2,(H,9,10)(H,11,12);1-5H2. The minimum absolute atomic E-state index is 0.0255. The number of aliphatic carboxylic acids is 2. The van der Waals surface area contributed by atoms with Crippen LogP contribution in [0.3, 0.4) is 0 Å². The lowest BCUT2D eigenvalue weighted by atomic mass is 10.2. The van der Waals surface area contributed by atoms with Gasteiger partial charge in [-0.2, -0.15) is 0 Å². The number of cyclic esters (lactones) is 1. The molecule has 22 heavy (non-hydrogen) atoms. The highest BCUT2D eigenvalue weighted by molar-refractivity contribution is 8.76. The third-order valence-electron chi connectivity index (χ3n) is 2.50. The maximum Gasteiger partial charge on any atom is 0.321 e. The van der Waals surface area contributed by atoms with Gasteiger partial charge in [-0.3, -0.25) is 14.4 Å². The molecule has 1 fully saturated rings. The molecule has 0 aromatic carbocycles. The van der Waals surface area contributed by atoms with Crippen molar-refractivity contribution in [2.24, 2.45) is 11.5 Å². The van der Waals surface area contributed by atoms with Gasteiger partial charge in [0.25, 0.3) is 0 Å². The average molecular weight is 354 g/mol. The van der Waals surface area contributed by atoms with Crippen molar-refractivity contribution in [3.8, 4) is 0 Å². The van der Waals surface area contributed by atoms with E-state index in [-0.39, 0.29) is 17.5 Å². The van der Waals surface area contributed by atoms with E-state index in [1.54, 1.807) is 0 Å². The maximum atomic E-state index is 10.5. The first-order valence-electron chi connectivity index (χ1n) is 6.71. The molecule has 0 aromatic rings. The first-order chi connectivity index (χ1) is 10.3. The summed E-state index contributed by atoms with van der Waals surface area (Å²) in [6.07, 6.45) is 3.83. The maximum absolute atomic E-state index is 10.5. The van der Waals surface area contributed by atoms with Crippen LogP contribution in [0.2, 0.25) is 0 Å². The van der Waals surface area contributed by atoms with Gasteiger partial charge in [0, 0.05) is 17.9 Å². The van der Waals surface area contributed by atoms with Gasteiger partial charge in [0.15, 0.2) is 0 Å². The Morgan fingerprint density at radius 2 is 1.55 bits per heavy atom. The molecule has 1 aliphatic rings. The summed E-state index contributed by atoms with van der Waals surface area (Å²) in [7, 11) is 2.41. The lowest BCUT2D eigenvalue weighted by Crippen LogP contribution is -2.33. The molecule has 0 radical (unpaired) electrons. The number of esters is 1. The molecule has 2 unspecified atom stereocenters. The van der Waals surface area contributed by atoms with Crippen LogP contribution in [0.4, 0.5) is 0 Å². The Morgan fingerprint density at radius 1 is 1.05 bits per heavy atom. The molecule has 8 nitrogen and oxygen atoms in total. The lowest BCUT2D eigenvalue weighted by Gasteiger charge is -2.07. The highest BCUT2D eigenvalue weighted by atomic mass is 33.1. The molecule has 1 saturated heterocycles. The van der Waals surface area contributed by atoms with E-state index >= 15 is 0 Å². The largest absolute Gasteiger partial charge is 0.480 e. The van der Waals surface area contributed by atoms with Crippen molar-refractivity contribution in [3.63, 3.8) is 0 Å². The Balaban J connectivity index is 0.000000461. The summed E-state index contributed by atoms with van der Waals surface area (Å²) in [5.74, 6) is -1.71. The number of hydrogen-bond donors (Lipinski definition) is 4. The second kappa shape index (κ2) is 12.6. The summed E-state index contributed by atoms with van der Waals surface area (Å²) >= 11 is 0. The Labute approximate surface area is 136 Å². The summed E-state index contributed by atoms with van der Waals surface area (Å²) < 4.78 is 4.76. The minimum atomic E-state index is -1.07. The first-order valence-corrected chi connectivity index (χ1v) is 9.20. The quantitative estimate of drug-likeness (QED) is 0.285. The number of carboxylic acid groups (broad SMARTS) is 2. The number of nitrogens with two attached hydrogens (primary N) is 2. The molecule has 1 rings (SSSR count). The number of carbonyl (C=O) groups is 3. The van der Waals surface area contributed by atoms with Gasteiger partial charge in [-0.1, -0.05) is 21.6 Å². The van der Waals surface area contributed by atoms with Crippen LogP contribution in [0.25, 0.3) is 0 Å². The number of rotatable bonds is 7. The first kappa shape index (κ1) is 21.0. The Hall–Kier alpha value is -0.970. The third-order valence-corrected chi connectivity index (χ3v) is 4.97. The van der Waals surface area contributed by atoms with Gasteiger partial charge in [-0.25, -0.2) is 0 Å². The van der Waals surface area contributed by atoms with Crippen molar-refractivity contribution in [3.05, 3.63) is 0 Å². The highest BCUT2D eigenvalue weighted by Gasteiger charge is 2.14. The van der Waals surface area contributed by atoms with Crippen molar-refractivity contribution in [2.45, 2.75) is 37.8 Å². The number of ether oxygens (including phenoxy) is 1. The summed E-state index contributed by atoms with van der Waals surface area (Å²) in [5, 5.41) is 16.8. The van der Waals surface area contributed by atoms with E-state index in [1.165, 1.54) is 21.6 Å². The molecular formula is C12H22N2O6S2. The zero-order valence-corrected chi connectivity index (χ0v) is 13.7. The zero-order chi connectivity index (χ0) is 17.0. The molecule has 2 atom stereocenters. The summed E-state index contributed by atoms with van der Waals surface area (Å²) in [6.45, 7) is 0.638. The van der Waals surface area contributed by atoms with Crippen LogP contribution in [0.5, 0.6) is 0 Å². The van der Waals surface area contributed by atoms with Gasteiger partial charge in [-0.15, -0.1) is 0 Å². The van der Waals surface area contributed by atoms with Gasteiger partial charge in [0.1, 0.15) is 12.1 Å². The summed E-state index contributed by atoms with van der Waals surface area (Å²) in [4.78, 5) is 31.0. The van der Waals surface area contributed by atoms with Crippen molar-refractivity contribution < 1.29 is 29.3 Å². The molecular weight excluding hydrogens is 332 g/mol. The molecule has 0 amide bonds. The van der Waals surface area contributed by atoms with Crippen LogP contribution in [0.15, 0.2) is 0 Å². The molecule has 0 saturated carbocycles. The SMILES string of the molecule is NC(CSSCC(N)C(=O)O)C(=O)O.O=C1CCCCCO1. The van der Waals surface area contributed by atoms with Gasteiger partial charge in [-0.05, 0) is 19.3 Å². The fourth-order valence-electron chi connectivity index (χ4n) is 1.19. The zero-order valence-electron chi connectivity index (χ0n) is 12.1. The van der Waals surface area contributed by atoms with Gasteiger partial charge >= 0.3 is 17.9 Å². The fraction of sp³-hybridized carbons (Fsp3) is 0.750. The second-order valence-electron chi connectivity index (χ2n) is 4.49. The van der Waals surface area contributed by atoms with E-state index < -0.39 is 24.0 Å². The van der Waals surface area contributed by atoms with Crippen LogP contribution in [-0.2, 0) is 19.1 Å². The topological polar surface area (TPSA) is 153 Å². The molecule has 0 aliphatic carbocycles. The van der Waals surface area contributed by atoms with E-state index in [0.717, 1.165) is 19.3 Å². The normalized spacial score (nSPS) is 17.3. The predicted octanol–water partition coefficient (Wildman–Crippen LogP) is 0.295.